The van der Waals surface area contributed by atoms with Crippen molar-refractivity contribution in [2.24, 2.45) is 0 Å². The molecule has 126 valence electrons. The van der Waals surface area contributed by atoms with Crippen LogP contribution in [0.15, 0.2) is 58.1 Å². The van der Waals surface area contributed by atoms with E-state index in [-0.39, 0.29) is 16.4 Å². The third-order valence-corrected chi connectivity index (χ3v) is 5.24. The molecule has 4 nitrogen and oxygen atoms in total. The number of halogens is 3. The van der Waals surface area contributed by atoms with Gasteiger partial charge in [0.25, 0.3) is 0 Å². The molecule has 0 aliphatic carbocycles. The second-order valence-electron chi connectivity index (χ2n) is 5.23. The summed E-state index contributed by atoms with van der Waals surface area (Å²) < 4.78 is 63.2. The Kier molecular flexibility index (Phi) is 4.48. The lowest BCUT2D eigenvalue weighted by atomic mass is 10.1. The molecule has 0 aromatic carbocycles. The van der Waals surface area contributed by atoms with E-state index in [9.17, 15) is 21.6 Å². The average molecular weight is 346 g/mol. The number of nitrogens with one attached hydrogen (secondary N) is 1. The number of rotatable bonds is 2. The minimum atomic E-state index is -4.62. The van der Waals surface area contributed by atoms with Gasteiger partial charge in [0.05, 0.1) is 27.6 Å². The Bertz CT molecular complexity index is 769. The van der Waals surface area contributed by atoms with Gasteiger partial charge in [-0.1, -0.05) is 13.0 Å². The summed E-state index contributed by atoms with van der Waals surface area (Å²) in [6.07, 6.45) is 2.05. The van der Waals surface area contributed by atoms with Crippen molar-refractivity contribution in [1.82, 2.24) is 10.2 Å². The van der Waals surface area contributed by atoms with Crippen LogP contribution in [0.2, 0.25) is 0 Å². The molecule has 0 atom stereocenters. The summed E-state index contributed by atoms with van der Waals surface area (Å²) in [5, 5.41) is 2.51. The first-order valence-corrected chi connectivity index (χ1v) is 8.54. The first kappa shape index (κ1) is 17.4. The number of alkyl halides is 3. The van der Waals surface area contributed by atoms with Crippen molar-refractivity contribution in [2.45, 2.75) is 20.0 Å². The van der Waals surface area contributed by atoms with Crippen LogP contribution in [0.5, 0.6) is 0 Å². The van der Waals surface area contributed by atoms with E-state index < -0.39 is 21.6 Å². The van der Waals surface area contributed by atoms with E-state index in [0.717, 1.165) is 11.8 Å². The summed E-state index contributed by atoms with van der Waals surface area (Å²) in [6, 6.07) is 0. The van der Waals surface area contributed by atoms with Crippen LogP contribution in [0, 0.1) is 0 Å². The number of hydrogen-bond acceptors (Lipinski definition) is 4. The number of allylic oxidation sites excluding steroid dienone is 5. The molecular weight excluding hydrogens is 329 g/mol. The second-order valence-corrected chi connectivity index (χ2v) is 7.48. The van der Waals surface area contributed by atoms with E-state index in [1.165, 1.54) is 6.92 Å². The van der Waals surface area contributed by atoms with Crippen molar-refractivity contribution < 1.29 is 21.6 Å². The van der Waals surface area contributed by atoms with Crippen LogP contribution in [0.1, 0.15) is 13.8 Å². The van der Waals surface area contributed by atoms with Crippen LogP contribution in [-0.2, 0) is 9.84 Å². The fourth-order valence-electron chi connectivity index (χ4n) is 2.25. The van der Waals surface area contributed by atoms with E-state index in [0.29, 0.717) is 11.8 Å². The molecule has 2 rings (SSSR count). The number of likely N-dealkylation sites (N-methyl/N-ethyl adjacent to an activating group) is 1. The number of dihydropyridines is 1. The van der Waals surface area contributed by atoms with E-state index in [1.807, 2.05) is 6.92 Å². The first-order valence-electron chi connectivity index (χ1n) is 6.88. The van der Waals surface area contributed by atoms with E-state index >= 15 is 0 Å². The largest absolute Gasteiger partial charge is 0.417 e. The molecule has 0 radical (unpaired) electrons. The first-order chi connectivity index (χ1) is 10.6. The highest BCUT2D eigenvalue weighted by Crippen LogP contribution is 2.34. The van der Waals surface area contributed by atoms with Crippen LogP contribution >= 0.6 is 0 Å². The highest BCUT2D eigenvalue weighted by molar-refractivity contribution is 7.95. The third-order valence-electron chi connectivity index (χ3n) is 3.48. The van der Waals surface area contributed by atoms with E-state index in [1.54, 1.807) is 30.3 Å². The minimum Gasteiger partial charge on any atom is -0.358 e. The monoisotopic (exact) mass is 346 g/mol. The molecule has 0 fully saturated rings. The van der Waals surface area contributed by atoms with Crippen molar-refractivity contribution in [3.8, 4) is 0 Å². The lowest BCUT2D eigenvalue weighted by Gasteiger charge is -2.27. The summed E-state index contributed by atoms with van der Waals surface area (Å²) in [5.74, 6) is -0.287. The lowest BCUT2D eigenvalue weighted by molar-refractivity contribution is -0.0886. The maximum Gasteiger partial charge on any atom is 0.417 e. The molecule has 23 heavy (non-hydrogen) atoms. The molecule has 2 aliphatic heterocycles. The van der Waals surface area contributed by atoms with Gasteiger partial charge in [0.15, 0.2) is 9.84 Å². The van der Waals surface area contributed by atoms with Crippen molar-refractivity contribution in [1.29, 1.82) is 0 Å². The zero-order valence-electron chi connectivity index (χ0n) is 12.9. The third kappa shape index (κ3) is 3.52. The molecule has 0 saturated heterocycles. The quantitative estimate of drug-likeness (QED) is 0.835. The molecule has 0 bridgehead atoms. The van der Waals surface area contributed by atoms with Gasteiger partial charge in [0.1, 0.15) is 0 Å². The highest BCUT2D eigenvalue weighted by atomic mass is 32.2. The fourth-order valence-corrected chi connectivity index (χ4v) is 3.34. The Hall–Kier alpha value is -1.96. The van der Waals surface area contributed by atoms with E-state index in [4.69, 9.17) is 0 Å². The number of sulfone groups is 1. The number of hydrogen-bond donors (Lipinski definition) is 1. The van der Waals surface area contributed by atoms with E-state index in [2.05, 4.69) is 5.32 Å². The molecule has 0 amide bonds. The van der Waals surface area contributed by atoms with Gasteiger partial charge in [0, 0.05) is 19.4 Å². The minimum absolute atomic E-state index is 0.141. The smallest absolute Gasteiger partial charge is 0.358 e. The molecule has 0 aromatic heterocycles. The van der Waals surface area contributed by atoms with Crippen LogP contribution in [0.4, 0.5) is 13.2 Å². The van der Waals surface area contributed by atoms with Crippen molar-refractivity contribution >= 4 is 9.84 Å². The molecule has 2 aliphatic rings. The van der Waals surface area contributed by atoms with Gasteiger partial charge >= 0.3 is 6.18 Å². The van der Waals surface area contributed by atoms with Crippen molar-refractivity contribution in [3.63, 3.8) is 0 Å². The van der Waals surface area contributed by atoms with Gasteiger partial charge in [-0.15, -0.1) is 0 Å². The molecule has 2 heterocycles. The molecule has 1 N–H and O–H groups in total. The molecule has 0 unspecified atom stereocenters. The predicted molar refractivity (Wildman–Crippen MR) is 82.5 cm³/mol. The Morgan fingerprint density at radius 3 is 2.43 bits per heavy atom. The molecule has 0 spiro atoms. The molecular formula is C15H17F3N2O2S. The average Bonchev–Trinajstić information content (AvgIpc) is 2.46. The Morgan fingerprint density at radius 1 is 1.26 bits per heavy atom. The lowest BCUT2D eigenvalue weighted by Crippen LogP contribution is -2.28. The predicted octanol–water partition coefficient (Wildman–Crippen LogP) is 2.97. The Labute approximate surface area is 133 Å². The fraction of sp³-hybridized carbons (Fsp3) is 0.333. The SMILES string of the molecule is CCS(=O)(=O)C1=CC(C(F)(F)F)=CNC1=C1C=CC(C)=CN1C. The normalized spacial score (nSPS) is 22.3. The molecule has 8 heteroatoms. The van der Waals surface area contributed by atoms with Crippen LogP contribution < -0.4 is 5.32 Å². The van der Waals surface area contributed by atoms with Crippen LogP contribution in [0.25, 0.3) is 0 Å². The van der Waals surface area contributed by atoms with Gasteiger partial charge in [0.2, 0.25) is 0 Å². The topological polar surface area (TPSA) is 49.4 Å². The summed E-state index contributed by atoms with van der Waals surface area (Å²) in [6.45, 7) is 3.26. The molecule has 0 aromatic rings. The zero-order chi connectivity index (χ0) is 17.4. The van der Waals surface area contributed by atoms with Gasteiger partial charge in [-0.05, 0) is 24.6 Å². The van der Waals surface area contributed by atoms with Gasteiger partial charge in [-0.25, -0.2) is 8.42 Å². The summed E-state index contributed by atoms with van der Waals surface area (Å²) >= 11 is 0. The highest BCUT2D eigenvalue weighted by Gasteiger charge is 2.37. The summed E-state index contributed by atoms with van der Waals surface area (Å²) in [4.78, 5) is 1.32. The van der Waals surface area contributed by atoms with Crippen LogP contribution in [0.3, 0.4) is 0 Å². The van der Waals surface area contributed by atoms with Crippen LogP contribution in [-0.4, -0.2) is 32.3 Å². The van der Waals surface area contributed by atoms with Crippen molar-refractivity contribution in [3.05, 3.63) is 58.1 Å². The number of nitrogens with zero attached hydrogens (tertiary/aromatic N) is 1. The van der Waals surface area contributed by atoms with Gasteiger partial charge in [-0.2, -0.15) is 13.2 Å². The van der Waals surface area contributed by atoms with Gasteiger partial charge < -0.3 is 10.2 Å². The van der Waals surface area contributed by atoms with Crippen molar-refractivity contribution in [2.75, 3.05) is 12.8 Å². The second kappa shape index (κ2) is 5.92. The Morgan fingerprint density at radius 2 is 1.91 bits per heavy atom. The Balaban J connectivity index is 2.62. The molecule has 0 saturated carbocycles. The van der Waals surface area contributed by atoms with Gasteiger partial charge in [-0.3, -0.25) is 0 Å². The maximum absolute atomic E-state index is 12.9. The summed E-state index contributed by atoms with van der Waals surface area (Å²) in [5.41, 5.74) is 0.546. The standard InChI is InChI=1S/C15H17F3N2O2S/c1-4-23(21,22)13-7-11(15(16,17)18)8-19-14(13)12-6-5-10(2)9-20(12)3/h5-9,19H,4H2,1-3H3. The summed E-state index contributed by atoms with van der Waals surface area (Å²) in [7, 11) is -2.13. The zero-order valence-corrected chi connectivity index (χ0v) is 13.7. The maximum atomic E-state index is 12.9.